The van der Waals surface area contributed by atoms with Crippen LogP contribution < -0.4 is 61.8 Å². The first-order chi connectivity index (χ1) is 11.6. The van der Waals surface area contributed by atoms with E-state index in [0.717, 1.165) is 35.7 Å². The molecule has 0 spiro atoms. The number of rotatable bonds is 9. The number of carboxylic acids is 1. The van der Waals surface area contributed by atoms with Gasteiger partial charge in [-0.25, -0.2) is 0 Å². The van der Waals surface area contributed by atoms with Gasteiger partial charge in [0.1, 0.15) is 0 Å². The Morgan fingerprint density at radius 3 is 2.60 bits per heavy atom. The molecule has 0 aliphatic heterocycles. The van der Waals surface area contributed by atoms with Gasteiger partial charge < -0.3 is 20.2 Å². The summed E-state index contributed by atoms with van der Waals surface area (Å²) < 4.78 is 0. The monoisotopic (exact) mass is 368 g/mol. The van der Waals surface area contributed by atoms with Crippen LogP contribution in [0.3, 0.4) is 0 Å². The van der Waals surface area contributed by atoms with Gasteiger partial charge in [0, 0.05) is 29.4 Å². The van der Waals surface area contributed by atoms with Crippen LogP contribution in [0.25, 0.3) is 10.9 Å². The number of aliphatic carboxylic acids is 1. The molecular weight excluding hydrogens is 343 g/mol. The molecule has 0 aliphatic rings. The molecule has 0 saturated heterocycles. The van der Waals surface area contributed by atoms with E-state index in [0.29, 0.717) is 6.42 Å². The number of aromatic nitrogens is 1. The zero-order chi connectivity index (χ0) is 17.5. The smallest absolute Gasteiger partial charge is 0.548 e. The number of hydrogen-bond donors (Lipinski definition) is 2. The number of carboxylic acid groups (broad SMARTS) is 1. The number of carbonyl (C=O) groups excluding carboxylic acids is 2. The SMILES string of the molecule is CCCCC(CC)C(=O)N[C@@H](Cc1c[nH]c2ccccc12)C(=O)[O-].[K+]. The molecule has 130 valence electrons. The summed E-state index contributed by atoms with van der Waals surface area (Å²) in [5.74, 6) is -1.59. The molecule has 2 N–H and O–H groups in total. The number of aromatic amines is 1. The Bertz CT molecular complexity index is 699. The van der Waals surface area contributed by atoms with Gasteiger partial charge in [-0.2, -0.15) is 0 Å². The van der Waals surface area contributed by atoms with Gasteiger partial charge in [0.25, 0.3) is 0 Å². The predicted octanol–water partition coefficient (Wildman–Crippen LogP) is -0.834. The molecule has 6 heteroatoms. The van der Waals surface area contributed by atoms with E-state index in [1.807, 2.05) is 31.2 Å². The maximum absolute atomic E-state index is 12.4. The Morgan fingerprint density at radius 1 is 1.24 bits per heavy atom. The van der Waals surface area contributed by atoms with Gasteiger partial charge in [0.2, 0.25) is 5.91 Å². The van der Waals surface area contributed by atoms with Crippen LogP contribution in [0.15, 0.2) is 30.5 Å². The van der Waals surface area contributed by atoms with Crippen LogP contribution in [0.1, 0.15) is 45.1 Å². The Kier molecular flexibility index (Phi) is 9.97. The second kappa shape index (κ2) is 11.1. The summed E-state index contributed by atoms with van der Waals surface area (Å²) in [6.07, 6.45) is 5.47. The number of nitrogens with one attached hydrogen (secondary N) is 2. The molecule has 0 bridgehead atoms. The first-order valence-electron chi connectivity index (χ1n) is 8.63. The molecule has 1 aromatic carbocycles. The zero-order valence-corrected chi connectivity index (χ0v) is 18.4. The van der Waals surface area contributed by atoms with E-state index in [9.17, 15) is 14.7 Å². The third-order valence-electron chi connectivity index (χ3n) is 4.47. The van der Waals surface area contributed by atoms with E-state index in [4.69, 9.17) is 0 Å². The summed E-state index contributed by atoms with van der Waals surface area (Å²) in [5, 5.41) is 15.1. The van der Waals surface area contributed by atoms with Gasteiger partial charge in [-0.3, -0.25) is 4.79 Å². The van der Waals surface area contributed by atoms with Crippen molar-refractivity contribution in [2.45, 2.75) is 52.0 Å². The van der Waals surface area contributed by atoms with Crippen molar-refractivity contribution in [2.75, 3.05) is 0 Å². The fourth-order valence-electron chi connectivity index (χ4n) is 2.97. The van der Waals surface area contributed by atoms with Crippen LogP contribution in [-0.2, 0) is 16.0 Å². The zero-order valence-electron chi connectivity index (χ0n) is 15.3. The van der Waals surface area contributed by atoms with Gasteiger partial charge in [-0.1, -0.05) is 44.9 Å². The molecule has 2 aromatic rings. The average Bonchev–Trinajstić information content (AvgIpc) is 2.98. The van der Waals surface area contributed by atoms with Crippen molar-refractivity contribution in [2.24, 2.45) is 5.92 Å². The van der Waals surface area contributed by atoms with Crippen molar-refractivity contribution in [1.82, 2.24) is 10.3 Å². The Hall–Kier alpha value is -0.664. The molecular formula is C19H25KN2O3. The van der Waals surface area contributed by atoms with Crippen molar-refractivity contribution in [3.05, 3.63) is 36.0 Å². The number of benzene rings is 1. The van der Waals surface area contributed by atoms with Crippen LogP contribution in [0.4, 0.5) is 0 Å². The number of carbonyl (C=O) groups is 2. The maximum atomic E-state index is 12.4. The number of para-hydroxylation sites is 1. The molecule has 1 amide bonds. The van der Waals surface area contributed by atoms with E-state index < -0.39 is 12.0 Å². The minimum Gasteiger partial charge on any atom is -0.548 e. The molecule has 0 aliphatic carbocycles. The first kappa shape index (κ1) is 22.4. The third kappa shape index (κ3) is 6.22. The van der Waals surface area contributed by atoms with E-state index in [2.05, 4.69) is 17.2 Å². The molecule has 0 radical (unpaired) electrons. The van der Waals surface area contributed by atoms with Gasteiger partial charge in [0.15, 0.2) is 0 Å². The van der Waals surface area contributed by atoms with Gasteiger partial charge in [-0.15, -0.1) is 0 Å². The molecule has 0 saturated carbocycles. The van der Waals surface area contributed by atoms with Crippen LogP contribution in [0.5, 0.6) is 0 Å². The standard InChI is InChI=1S/C19H26N2O3.K/c1-3-5-8-13(4-2)18(22)21-17(19(23)24)11-14-12-20-16-10-7-6-9-15(14)16;/h6-7,9-10,12-13,17,20H,3-5,8,11H2,1-2H3,(H,21,22)(H,23,24);/q;+1/p-1/t13?,17-;/m0./s1. The summed E-state index contributed by atoms with van der Waals surface area (Å²) in [7, 11) is 0. The summed E-state index contributed by atoms with van der Waals surface area (Å²) in [4.78, 5) is 27.0. The molecule has 2 atom stereocenters. The minimum absolute atomic E-state index is 0. The number of hydrogen-bond acceptors (Lipinski definition) is 3. The second-order valence-electron chi connectivity index (χ2n) is 6.19. The molecule has 0 fully saturated rings. The van der Waals surface area contributed by atoms with Crippen molar-refractivity contribution in [1.29, 1.82) is 0 Å². The van der Waals surface area contributed by atoms with Crippen LogP contribution in [-0.4, -0.2) is 22.9 Å². The first-order valence-corrected chi connectivity index (χ1v) is 8.63. The topological polar surface area (TPSA) is 85.0 Å². The second-order valence-corrected chi connectivity index (χ2v) is 6.19. The number of H-pyrrole nitrogens is 1. The molecule has 5 nitrogen and oxygen atoms in total. The molecule has 25 heavy (non-hydrogen) atoms. The van der Waals surface area contributed by atoms with E-state index in [-0.39, 0.29) is 69.6 Å². The van der Waals surface area contributed by atoms with Crippen LogP contribution >= 0.6 is 0 Å². The average molecular weight is 369 g/mol. The van der Waals surface area contributed by atoms with Crippen LogP contribution in [0.2, 0.25) is 0 Å². The summed E-state index contributed by atoms with van der Waals surface area (Å²) in [6.45, 7) is 4.03. The number of amides is 1. The molecule has 1 heterocycles. The van der Waals surface area contributed by atoms with Crippen molar-refractivity contribution >= 4 is 22.8 Å². The predicted molar refractivity (Wildman–Crippen MR) is 92.2 cm³/mol. The van der Waals surface area contributed by atoms with Gasteiger partial charge >= 0.3 is 51.4 Å². The van der Waals surface area contributed by atoms with E-state index in [1.54, 1.807) is 6.20 Å². The summed E-state index contributed by atoms with van der Waals surface area (Å²) >= 11 is 0. The Morgan fingerprint density at radius 2 is 1.96 bits per heavy atom. The minimum atomic E-state index is -1.25. The molecule has 2 rings (SSSR count). The number of fused-ring (bicyclic) bond motifs is 1. The fourth-order valence-corrected chi connectivity index (χ4v) is 2.97. The summed E-state index contributed by atoms with van der Waals surface area (Å²) in [6, 6.07) is 6.67. The summed E-state index contributed by atoms with van der Waals surface area (Å²) in [5.41, 5.74) is 1.81. The third-order valence-corrected chi connectivity index (χ3v) is 4.47. The fraction of sp³-hybridized carbons (Fsp3) is 0.474. The quantitative estimate of drug-likeness (QED) is 0.567. The maximum Gasteiger partial charge on any atom is 1.00 e. The van der Waals surface area contributed by atoms with Crippen LogP contribution in [0, 0.1) is 5.92 Å². The van der Waals surface area contributed by atoms with Crippen molar-refractivity contribution in [3.8, 4) is 0 Å². The van der Waals surface area contributed by atoms with E-state index in [1.165, 1.54) is 0 Å². The van der Waals surface area contributed by atoms with Crippen molar-refractivity contribution < 1.29 is 66.1 Å². The van der Waals surface area contributed by atoms with Crippen molar-refractivity contribution in [3.63, 3.8) is 0 Å². The van der Waals surface area contributed by atoms with Gasteiger partial charge in [0.05, 0.1) is 12.0 Å². The Labute approximate surface area is 191 Å². The Balaban J connectivity index is 0.00000312. The molecule has 1 aromatic heterocycles. The number of unbranched alkanes of at least 4 members (excludes halogenated alkanes) is 1. The largest absolute Gasteiger partial charge is 1.00 e. The van der Waals surface area contributed by atoms with E-state index >= 15 is 0 Å². The normalized spacial score (nSPS) is 13.0. The van der Waals surface area contributed by atoms with Gasteiger partial charge in [-0.05, 0) is 24.5 Å². The molecule has 1 unspecified atom stereocenters.